The normalized spacial score (nSPS) is 12.1. The molecule has 0 aromatic heterocycles. The van der Waals surface area contributed by atoms with E-state index in [2.05, 4.69) is 5.32 Å². The molecule has 0 saturated carbocycles. The molecule has 0 aliphatic heterocycles. The van der Waals surface area contributed by atoms with Crippen LogP contribution in [-0.2, 0) is 32.6 Å². The van der Waals surface area contributed by atoms with Crippen LogP contribution in [0.4, 0.5) is 10.1 Å². The molecule has 4 rings (SSSR count). The van der Waals surface area contributed by atoms with E-state index in [4.69, 9.17) is 11.6 Å². The smallest absolute Gasteiger partial charge is 0.264 e. The van der Waals surface area contributed by atoms with Gasteiger partial charge in [-0.05, 0) is 69.2 Å². The molecule has 1 unspecified atom stereocenters. The van der Waals surface area contributed by atoms with E-state index in [0.717, 1.165) is 21.0 Å². The Balaban J connectivity index is 1.83. The Morgan fingerprint density at radius 1 is 0.889 bits per heavy atom. The fraction of sp³-hybridized carbons (Fsp3) is 0.257. The van der Waals surface area contributed by atoms with Crippen LogP contribution in [0.3, 0.4) is 0 Å². The van der Waals surface area contributed by atoms with E-state index < -0.39 is 40.2 Å². The van der Waals surface area contributed by atoms with Gasteiger partial charge in [-0.2, -0.15) is 0 Å². The Hall–Kier alpha value is -4.21. The standard InChI is InChI=1S/C35H37ClFN3O4S/c1-24(2)38-35(42)33(20-27-10-6-5-7-11-27)39(22-28-12-8-9-13-32(28)37)34(41)23-40(29-17-16-26(4)31(36)21-29)45(43,44)30-18-14-25(3)15-19-30/h5-19,21,24,33H,20,22-23H2,1-4H3,(H,38,42). The number of amides is 2. The SMILES string of the molecule is Cc1ccc(S(=O)(=O)N(CC(=O)N(Cc2ccccc2F)C(Cc2ccccc2)C(=O)NC(C)C)c2ccc(C)c(Cl)c2)cc1. The predicted molar refractivity (Wildman–Crippen MR) is 176 cm³/mol. The molecule has 2 amide bonds. The number of halogens is 2. The Bertz CT molecular complexity index is 1750. The number of anilines is 1. The molecule has 0 saturated heterocycles. The third-order valence-corrected chi connectivity index (χ3v) is 9.53. The van der Waals surface area contributed by atoms with Crippen LogP contribution in [0.2, 0.25) is 5.02 Å². The summed E-state index contributed by atoms with van der Waals surface area (Å²) in [4.78, 5) is 29.4. The first kappa shape index (κ1) is 33.7. The van der Waals surface area contributed by atoms with E-state index in [1.54, 1.807) is 51.1 Å². The van der Waals surface area contributed by atoms with Crippen molar-refractivity contribution in [1.29, 1.82) is 0 Å². The Morgan fingerprint density at radius 3 is 2.16 bits per heavy atom. The molecule has 1 N–H and O–H groups in total. The molecular weight excluding hydrogens is 613 g/mol. The average Bonchev–Trinajstić information content (AvgIpc) is 3.00. The fourth-order valence-electron chi connectivity index (χ4n) is 4.85. The van der Waals surface area contributed by atoms with Gasteiger partial charge in [0.2, 0.25) is 11.8 Å². The molecule has 0 spiro atoms. The van der Waals surface area contributed by atoms with Gasteiger partial charge in [0.15, 0.2) is 0 Å². The molecule has 0 bridgehead atoms. The first-order valence-electron chi connectivity index (χ1n) is 14.6. The van der Waals surface area contributed by atoms with E-state index in [0.29, 0.717) is 5.02 Å². The van der Waals surface area contributed by atoms with Crippen LogP contribution in [0.15, 0.2) is 102 Å². The van der Waals surface area contributed by atoms with E-state index in [9.17, 15) is 18.0 Å². The van der Waals surface area contributed by atoms with Crippen molar-refractivity contribution in [2.75, 3.05) is 10.8 Å². The molecule has 4 aromatic rings. The van der Waals surface area contributed by atoms with Gasteiger partial charge >= 0.3 is 0 Å². The lowest BCUT2D eigenvalue weighted by atomic mass is 10.0. The molecule has 45 heavy (non-hydrogen) atoms. The molecule has 7 nitrogen and oxygen atoms in total. The fourth-order valence-corrected chi connectivity index (χ4v) is 6.43. The second kappa shape index (κ2) is 14.7. The molecule has 0 radical (unpaired) electrons. The van der Waals surface area contributed by atoms with Gasteiger partial charge in [-0.15, -0.1) is 0 Å². The summed E-state index contributed by atoms with van der Waals surface area (Å²) in [6.07, 6.45) is 0.126. The van der Waals surface area contributed by atoms with E-state index in [1.165, 1.54) is 41.3 Å². The van der Waals surface area contributed by atoms with Crippen LogP contribution >= 0.6 is 11.6 Å². The zero-order chi connectivity index (χ0) is 32.7. The van der Waals surface area contributed by atoms with Crippen molar-refractivity contribution in [3.8, 4) is 0 Å². The van der Waals surface area contributed by atoms with Crippen molar-refractivity contribution < 1.29 is 22.4 Å². The van der Waals surface area contributed by atoms with Crippen LogP contribution in [0.1, 0.15) is 36.1 Å². The largest absolute Gasteiger partial charge is 0.352 e. The van der Waals surface area contributed by atoms with Crippen molar-refractivity contribution in [2.45, 2.75) is 57.6 Å². The maximum absolute atomic E-state index is 15.0. The number of hydrogen-bond acceptors (Lipinski definition) is 4. The summed E-state index contributed by atoms with van der Waals surface area (Å²) in [5, 5.41) is 3.21. The minimum absolute atomic E-state index is 0.0170. The number of hydrogen-bond donors (Lipinski definition) is 1. The second-order valence-electron chi connectivity index (χ2n) is 11.2. The minimum Gasteiger partial charge on any atom is -0.352 e. The summed E-state index contributed by atoms with van der Waals surface area (Å²) in [5.74, 6) is -1.68. The maximum Gasteiger partial charge on any atom is 0.264 e. The van der Waals surface area contributed by atoms with E-state index >= 15 is 4.39 Å². The molecular formula is C35H37ClFN3O4S. The Kier molecular flexibility index (Phi) is 11.0. The minimum atomic E-state index is -4.28. The molecule has 0 aliphatic carbocycles. The molecule has 236 valence electrons. The highest BCUT2D eigenvalue weighted by atomic mass is 35.5. The van der Waals surface area contributed by atoms with Crippen LogP contribution in [-0.4, -0.2) is 43.8 Å². The third-order valence-electron chi connectivity index (χ3n) is 7.33. The monoisotopic (exact) mass is 649 g/mol. The Morgan fingerprint density at radius 2 is 1.53 bits per heavy atom. The summed E-state index contributed by atoms with van der Waals surface area (Å²) in [5.41, 5.74) is 2.74. The van der Waals surface area contributed by atoms with Gasteiger partial charge < -0.3 is 10.2 Å². The van der Waals surface area contributed by atoms with Gasteiger partial charge in [-0.1, -0.05) is 83.9 Å². The van der Waals surface area contributed by atoms with Crippen molar-refractivity contribution in [2.24, 2.45) is 0 Å². The summed E-state index contributed by atoms with van der Waals surface area (Å²) in [7, 11) is -4.28. The lowest BCUT2D eigenvalue weighted by Gasteiger charge is -2.34. The number of carbonyl (C=O) groups is 2. The number of carbonyl (C=O) groups excluding carboxylic acids is 2. The van der Waals surface area contributed by atoms with Crippen molar-refractivity contribution in [3.05, 3.63) is 130 Å². The van der Waals surface area contributed by atoms with Crippen molar-refractivity contribution in [1.82, 2.24) is 10.2 Å². The van der Waals surface area contributed by atoms with Crippen LogP contribution in [0.5, 0.6) is 0 Å². The molecule has 0 aliphatic rings. The maximum atomic E-state index is 15.0. The van der Waals surface area contributed by atoms with E-state index in [1.807, 2.05) is 37.3 Å². The topological polar surface area (TPSA) is 86.8 Å². The van der Waals surface area contributed by atoms with Gasteiger partial charge in [0, 0.05) is 29.6 Å². The zero-order valence-electron chi connectivity index (χ0n) is 25.7. The number of benzene rings is 4. The van der Waals surface area contributed by atoms with Gasteiger partial charge in [-0.3, -0.25) is 13.9 Å². The number of rotatable bonds is 12. The first-order valence-corrected chi connectivity index (χ1v) is 16.4. The quantitative estimate of drug-likeness (QED) is 0.191. The number of nitrogens with zero attached hydrogens (tertiary/aromatic N) is 2. The third kappa shape index (κ3) is 8.49. The van der Waals surface area contributed by atoms with Gasteiger partial charge in [0.05, 0.1) is 10.6 Å². The Labute approximate surface area is 269 Å². The lowest BCUT2D eigenvalue weighted by Crippen LogP contribution is -2.54. The highest BCUT2D eigenvalue weighted by Crippen LogP contribution is 2.29. The average molecular weight is 650 g/mol. The van der Waals surface area contributed by atoms with Gasteiger partial charge in [-0.25, -0.2) is 12.8 Å². The highest BCUT2D eigenvalue weighted by molar-refractivity contribution is 7.92. The molecule has 0 fully saturated rings. The predicted octanol–water partition coefficient (Wildman–Crippen LogP) is 6.46. The summed E-state index contributed by atoms with van der Waals surface area (Å²) < 4.78 is 44.2. The van der Waals surface area contributed by atoms with Crippen LogP contribution in [0, 0.1) is 19.7 Å². The number of sulfonamides is 1. The van der Waals surface area contributed by atoms with Gasteiger partial charge in [0.25, 0.3) is 10.0 Å². The molecule has 0 heterocycles. The second-order valence-corrected chi connectivity index (χ2v) is 13.5. The first-order chi connectivity index (χ1) is 21.4. The summed E-state index contributed by atoms with van der Waals surface area (Å²) in [6.45, 7) is 6.31. The number of nitrogens with one attached hydrogen (secondary N) is 1. The molecule has 10 heteroatoms. The van der Waals surface area contributed by atoms with Crippen molar-refractivity contribution >= 4 is 39.1 Å². The molecule has 1 atom stereocenters. The number of aryl methyl sites for hydroxylation is 2. The van der Waals surface area contributed by atoms with Crippen LogP contribution < -0.4 is 9.62 Å². The van der Waals surface area contributed by atoms with Crippen molar-refractivity contribution in [3.63, 3.8) is 0 Å². The van der Waals surface area contributed by atoms with Gasteiger partial charge in [0.1, 0.15) is 18.4 Å². The summed E-state index contributed by atoms with van der Waals surface area (Å²) >= 11 is 6.42. The summed E-state index contributed by atoms with van der Waals surface area (Å²) in [6, 6.07) is 24.9. The lowest BCUT2D eigenvalue weighted by molar-refractivity contribution is -0.140. The highest BCUT2D eigenvalue weighted by Gasteiger charge is 2.35. The van der Waals surface area contributed by atoms with Crippen LogP contribution in [0.25, 0.3) is 0 Å². The zero-order valence-corrected chi connectivity index (χ0v) is 27.3. The molecule has 4 aromatic carbocycles. The van der Waals surface area contributed by atoms with E-state index in [-0.39, 0.29) is 35.2 Å².